The monoisotopic (exact) mass is 265 g/mol. The summed E-state index contributed by atoms with van der Waals surface area (Å²) in [5.74, 6) is 0.420. The molecule has 1 aromatic carbocycles. The van der Waals surface area contributed by atoms with Gasteiger partial charge in [-0.15, -0.1) is 0 Å². The minimum Gasteiger partial charge on any atom is -0.452 e. The average Bonchev–Trinajstić information content (AvgIpc) is 2.94. The number of nitrogens with one attached hydrogen (secondary N) is 1. The molecule has 0 fully saturated rings. The number of hydrogen-bond acceptors (Lipinski definition) is 7. The molecule has 3 N–H and O–H groups in total. The van der Waals surface area contributed by atoms with E-state index in [2.05, 4.69) is 15.5 Å². The first-order valence-electron chi connectivity index (χ1n) is 5.74. The van der Waals surface area contributed by atoms with Crippen LogP contribution in [0.5, 0.6) is 6.08 Å². The third kappa shape index (κ3) is 3.43. The maximum Gasteiger partial charge on any atom is 0.417 e. The summed E-state index contributed by atoms with van der Waals surface area (Å²) in [6, 6.07) is 7.31. The van der Waals surface area contributed by atoms with Gasteiger partial charge in [0.1, 0.15) is 0 Å². The van der Waals surface area contributed by atoms with E-state index in [1.165, 1.54) is 7.11 Å². The second kappa shape index (κ2) is 6.17. The van der Waals surface area contributed by atoms with E-state index in [-0.39, 0.29) is 19.2 Å². The fraction of sp³-hybridized carbons (Fsp3) is 0.333. The summed E-state index contributed by atoms with van der Waals surface area (Å²) >= 11 is 0. The van der Waals surface area contributed by atoms with Gasteiger partial charge in [0.15, 0.2) is 0 Å². The van der Waals surface area contributed by atoms with Gasteiger partial charge in [-0.05, 0) is 12.1 Å². The third-order valence-corrected chi connectivity index (χ3v) is 2.46. The van der Waals surface area contributed by atoms with E-state index >= 15 is 0 Å². The molecule has 0 aliphatic carbocycles. The van der Waals surface area contributed by atoms with E-state index in [1.807, 2.05) is 24.3 Å². The van der Waals surface area contributed by atoms with Crippen molar-refractivity contribution >= 4 is 5.69 Å². The van der Waals surface area contributed by atoms with Crippen molar-refractivity contribution in [3.63, 3.8) is 0 Å². The SMILES string of the molecule is COc1nc(-c2cccc(NCC(O)CO)c2)no1. The molecule has 0 spiro atoms. The predicted octanol–water partition coefficient (Wildman–Crippen LogP) is 0.510. The fourth-order valence-electron chi connectivity index (χ4n) is 1.48. The number of aliphatic hydroxyl groups is 2. The summed E-state index contributed by atoms with van der Waals surface area (Å²) < 4.78 is 9.67. The predicted molar refractivity (Wildman–Crippen MR) is 67.9 cm³/mol. The molecule has 7 heteroatoms. The molecule has 1 unspecified atom stereocenters. The Morgan fingerprint density at radius 3 is 3.00 bits per heavy atom. The zero-order chi connectivity index (χ0) is 13.7. The summed E-state index contributed by atoms with van der Waals surface area (Å²) in [7, 11) is 1.45. The van der Waals surface area contributed by atoms with Crippen LogP contribution in [0.15, 0.2) is 28.8 Å². The van der Waals surface area contributed by atoms with Crippen molar-refractivity contribution in [2.75, 3.05) is 25.6 Å². The van der Waals surface area contributed by atoms with Gasteiger partial charge in [-0.25, -0.2) is 0 Å². The van der Waals surface area contributed by atoms with Crippen molar-refractivity contribution < 1.29 is 19.5 Å². The topological polar surface area (TPSA) is 101 Å². The molecule has 7 nitrogen and oxygen atoms in total. The highest BCUT2D eigenvalue weighted by atomic mass is 16.6. The van der Waals surface area contributed by atoms with Crippen molar-refractivity contribution in [1.29, 1.82) is 0 Å². The van der Waals surface area contributed by atoms with Crippen LogP contribution in [-0.4, -0.2) is 46.7 Å². The van der Waals surface area contributed by atoms with Gasteiger partial charge in [0.25, 0.3) is 0 Å². The third-order valence-electron chi connectivity index (χ3n) is 2.46. The number of aromatic nitrogens is 2. The van der Waals surface area contributed by atoms with Crippen LogP contribution in [0.25, 0.3) is 11.4 Å². The van der Waals surface area contributed by atoms with Gasteiger partial charge < -0.3 is 20.3 Å². The first kappa shape index (κ1) is 13.3. The Bertz CT molecular complexity index is 529. The second-order valence-electron chi connectivity index (χ2n) is 3.89. The maximum absolute atomic E-state index is 9.27. The highest BCUT2D eigenvalue weighted by Gasteiger charge is 2.09. The quantitative estimate of drug-likeness (QED) is 0.699. The molecule has 1 atom stereocenters. The molecule has 0 amide bonds. The molecule has 0 radical (unpaired) electrons. The molecule has 0 saturated heterocycles. The zero-order valence-corrected chi connectivity index (χ0v) is 10.4. The van der Waals surface area contributed by atoms with Crippen molar-refractivity contribution in [3.05, 3.63) is 24.3 Å². The molecule has 0 bridgehead atoms. The minimum absolute atomic E-state index is 0.101. The molecule has 0 aliphatic rings. The molecule has 2 rings (SSSR count). The molecule has 0 aliphatic heterocycles. The van der Waals surface area contributed by atoms with Crippen LogP contribution in [0.3, 0.4) is 0 Å². The van der Waals surface area contributed by atoms with Crippen LogP contribution < -0.4 is 10.1 Å². The Morgan fingerprint density at radius 1 is 1.47 bits per heavy atom. The average molecular weight is 265 g/mol. The first-order valence-corrected chi connectivity index (χ1v) is 5.74. The van der Waals surface area contributed by atoms with Crippen LogP contribution in [0, 0.1) is 0 Å². The van der Waals surface area contributed by atoms with E-state index in [0.29, 0.717) is 5.82 Å². The zero-order valence-electron chi connectivity index (χ0n) is 10.4. The Kier molecular flexibility index (Phi) is 4.32. The molecule has 2 aromatic rings. The molecule has 102 valence electrons. The number of rotatable bonds is 6. The van der Waals surface area contributed by atoms with E-state index in [1.54, 1.807) is 0 Å². The van der Waals surface area contributed by atoms with Gasteiger partial charge in [-0.3, -0.25) is 4.52 Å². The van der Waals surface area contributed by atoms with Gasteiger partial charge in [0.2, 0.25) is 5.82 Å². The Labute approximate surface area is 109 Å². The van der Waals surface area contributed by atoms with Crippen LogP contribution in [0.1, 0.15) is 0 Å². The number of methoxy groups -OCH3 is 1. The Hall–Kier alpha value is -2.12. The lowest BCUT2D eigenvalue weighted by Crippen LogP contribution is -2.22. The smallest absolute Gasteiger partial charge is 0.417 e. The number of anilines is 1. The molecule has 1 aromatic heterocycles. The van der Waals surface area contributed by atoms with E-state index in [4.69, 9.17) is 14.4 Å². The maximum atomic E-state index is 9.27. The van der Waals surface area contributed by atoms with Crippen molar-refractivity contribution in [2.45, 2.75) is 6.10 Å². The number of aliphatic hydroxyl groups excluding tert-OH is 2. The lowest BCUT2D eigenvalue weighted by Gasteiger charge is -2.10. The molecule has 0 saturated carbocycles. The number of hydrogen-bond donors (Lipinski definition) is 3. The van der Waals surface area contributed by atoms with Crippen LogP contribution >= 0.6 is 0 Å². The lowest BCUT2D eigenvalue weighted by atomic mass is 10.2. The van der Waals surface area contributed by atoms with Gasteiger partial charge in [-0.2, -0.15) is 4.98 Å². The number of benzene rings is 1. The van der Waals surface area contributed by atoms with Crippen molar-refractivity contribution in [3.8, 4) is 17.5 Å². The van der Waals surface area contributed by atoms with Crippen molar-refractivity contribution in [1.82, 2.24) is 10.1 Å². The van der Waals surface area contributed by atoms with Crippen molar-refractivity contribution in [2.24, 2.45) is 0 Å². The second-order valence-corrected chi connectivity index (χ2v) is 3.89. The van der Waals surface area contributed by atoms with Gasteiger partial charge >= 0.3 is 6.08 Å². The van der Waals surface area contributed by atoms with Crippen LogP contribution in [-0.2, 0) is 0 Å². The highest BCUT2D eigenvalue weighted by Crippen LogP contribution is 2.21. The molecule has 1 heterocycles. The normalized spacial score (nSPS) is 12.2. The number of ether oxygens (including phenoxy) is 1. The Balaban J connectivity index is 2.10. The number of nitrogens with zero attached hydrogens (tertiary/aromatic N) is 2. The van der Waals surface area contributed by atoms with Gasteiger partial charge in [0, 0.05) is 17.8 Å². The summed E-state index contributed by atoms with van der Waals surface area (Å²) in [4.78, 5) is 4.03. The summed E-state index contributed by atoms with van der Waals surface area (Å²) in [6.45, 7) is -0.0236. The standard InChI is InChI=1S/C12H15N3O4/c1-18-12-14-11(15-19-12)8-3-2-4-9(5-8)13-6-10(17)7-16/h2-5,10,13,16-17H,6-7H2,1H3. The van der Waals surface area contributed by atoms with Gasteiger partial charge in [0.05, 0.1) is 19.8 Å². The molecular formula is C12H15N3O4. The fourth-order valence-corrected chi connectivity index (χ4v) is 1.48. The van der Waals surface area contributed by atoms with E-state index in [9.17, 15) is 5.11 Å². The summed E-state index contributed by atoms with van der Waals surface area (Å²) in [5, 5.41) is 24.8. The summed E-state index contributed by atoms with van der Waals surface area (Å²) in [5.41, 5.74) is 1.55. The van der Waals surface area contributed by atoms with E-state index in [0.717, 1.165) is 11.3 Å². The highest BCUT2D eigenvalue weighted by molar-refractivity contribution is 5.62. The molecule has 19 heavy (non-hydrogen) atoms. The van der Waals surface area contributed by atoms with Crippen LogP contribution in [0.4, 0.5) is 5.69 Å². The van der Waals surface area contributed by atoms with E-state index < -0.39 is 6.10 Å². The Morgan fingerprint density at radius 2 is 2.32 bits per heavy atom. The molecular weight excluding hydrogens is 250 g/mol. The lowest BCUT2D eigenvalue weighted by molar-refractivity contribution is 0.105. The minimum atomic E-state index is -0.797. The largest absolute Gasteiger partial charge is 0.452 e. The van der Waals surface area contributed by atoms with Crippen LogP contribution in [0.2, 0.25) is 0 Å². The summed E-state index contributed by atoms with van der Waals surface area (Å²) in [6.07, 6.45) is -0.696. The first-order chi connectivity index (χ1) is 9.22. The van der Waals surface area contributed by atoms with Gasteiger partial charge in [-0.1, -0.05) is 17.3 Å².